The zero-order chi connectivity index (χ0) is 20.1. The van der Waals surface area contributed by atoms with Crippen LogP contribution in [0.1, 0.15) is 11.3 Å². The summed E-state index contributed by atoms with van der Waals surface area (Å²) < 4.78 is 5.27. The molecule has 5 nitrogen and oxygen atoms in total. The zero-order valence-electron chi connectivity index (χ0n) is 16.1. The Morgan fingerprint density at radius 2 is 1.83 bits per heavy atom. The molecule has 0 N–H and O–H groups in total. The molecule has 2 aromatic carbocycles. The van der Waals surface area contributed by atoms with Crippen LogP contribution in [0.3, 0.4) is 0 Å². The molecule has 0 radical (unpaired) electrons. The van der Waals surface area contributed by atoms with Gasteiger partial charge in [0.2, 0.25) is 0 Å². The lowest BCUT2D eigenvalue weighted by molar-refractivity contribution is 0.414. The monoisotopic (exact) mass is 404 g/mol. The minimum Gasteiger partial charge on any atom is -0.497 e. The van der Waals surface area contributed by atoms with Crippen molar-refractivity contribution in [3.63, 3.8) is 0 Å². The second-order valence-electron chi connectivity index (χ2n) is 6.70. The van der Waals surface area contributed by atoms with Crippen molar-refractivity contribution in [2.24, 2.45) is 0 Å². The third-order valence-corrected chi connectivity index (χ3v) is 4.95. The number of halogens is 1. The van der Waals surface area contributed by atoms with Gasteiger partial charge < -0.3 is 9.64 Å². The van der Waals surface area contributed by atoms with E-state index in [9.17, 15) is 0 Å². The maximum atomic E-state index is 6.08. The first-order valence-electron chi connectivity index (χ1n) is 9.41. The predicted octanol–water partition coefficient (Wildman–Crippen LogP) is 4.94. The van der Waals surface area contributed by atoms with Crippen LogP contribution in [-0.2, 0) is 13.0 Å². The van der Waals surface area contributed by atoms with Crippen LogP contribution < -0.4 is 9.64 Å². The Morgan fingerprint density at radius 1 is 0.966 bits per heavy atom. The van der Waals surface area contributed by atoms with Crippen molar-refractivity contribution >= 4 is 28.5 Å². The normalized spacial score (nSPS) is 10.8. The highest BCUT2D eigenvalue weighted by molar-refractivity contribution is 6.31. The molecule has 2 aromatic heterocycles. The van der Waals surface area contributed by atoms with Gasteiger partial charge in [-0.05, 0) is 48.0 Å². The fourth-order valence-electron chi connectivity index (χ4n) is 3.15. The standard InChI is InChI=1S/C23H21ClN4O/c1-29-20-8-5-17(6-9-20)16-28(13-11-19-4-2-3-12-25-19)23-15-26-22-14-18(24)7-10-21(22)27-23/h2-10,12,14-15H,11,13,16H2,1H3. The number of hydrogen-bond donors (Lipinski definition) is 0. The number of ether oxygens (including phenoxy) is 1. The molecule has 29 heavy (non-hydrogen) atoms. The summed E-state index contributed by atoms with van der Waals surface area (Å²) in [5, 5.41) is 0.657. The zero-order valence-corrected chi connectivity index (χ0v) is 16.9. The van der Waals surface area contributed by atoms with Gasteiger partial charge in [0.1, 0.15) is 11.6 Å². The maximum Gasteiger partial charge on any atom is 0.148 e. The molecule has 0 saturated carbocycles. The molecular weight excluding hydrogens is 384 g/mol. The van der Waals surface area contributed by atoms with E-state index < -0.39 is 0 Å². The lowest BCUT2D eigenvalue weighted by atomic mass is 10.2. The number of hydrogen-bond acceptors (Lipinski definition) is 5. The summed E-state index contributed by atoms with van der Waals surface area (Å²) in [5.41, 5.74) is 3.83. The fourth-order valence-corrected chi connectivity index (χ4v) is 3.31. The molecule has 0 atom stereocenters. The third-order valence-electron chi connectivity index (χ3n) is 4.71. The molecule has 4 aromatic rings. The first kappa shape index (κ1) is 19.2. The van der Waals surface area contributed by atoms with Crippen LogP contribution >= 0.6 is 11.6 Å². The van der Waals surface area contributed by atoms with E-state index in [1.165, 1.54) is 5.56 Å². The van der Waals surface area contributed by atoms with E-state index in [0.29, 0.717) is 11.6 Å². The van der Waals surface area contributed by atoms with E-state index in [2.05, 4.69) is 27.0 Å². The Morgan fingerprint density at radius 3 is 2.59 bits per heavy atom. The van der Waals surface area contributed by atoms with Crippen LogP contribution in [0.4, 0.5) is 5.82 Å². The van der Waals surface area contributed by atoms with Gasteiger partial charge in [-0.25, -0.2) is 4.98 Å². The molecule has 0 aliphatic heterocycles. The minimum absolute atomic E-state index is 0.657. The number of anilines is 1. The summed E-state index contributed by atoms with van der Waals surface area (Å²) >= 11 is 6.08. The number of methoxy groups -OCH3 is 1. The molecule has 4 rings (SSSR count). The molecule has 0 spiro atoms. The Kier molecular flexibility index (Phi) is 5.86. The van der Waals surface area contributed by atoms with Crippen LogP contribution in [0.25, 0.3) is 11.0 Å². The van der Waals surface area contributed by atoms with Gasteiger partial charge >= 0.3 is 0 Å². The smallest absolute Gasteiger partial charge is 0.148 e. The summed E-state index contributed by atoms with van der Waals surface area (Å²) in [6.45, 7) is 1.49. The van der Waals surface area contributed by atoms with E-state index in [1.807, 2.05) is 54.7 Å². The van der Waals surface area contributed by atoms with E-state index in [0.717, 1.165) is 41.3 Å². The summed E-state index contributed by atoms with van der Waals surface area (Å²) in [7, 11) is 1.67. The maximum absolute atomic E-state index is 6.08. The third kappa shape index (κ3) is 4.81. The molecule has 0 amide bonds. The average Bonchev–Trinajstić information content (AvgIpc) is 2.77. The van der Waals surface area contributed by atoms with E-state index in [-0.39, 0.29) is 0 Å². The lowest BCUT2D eigenvalue weighted by Gasteiger charge is -2.24. The molecule has 0 fully saturated rings. The number of nitrogens with zero attached hydrogens (tertiary/aromatic N) is 4. The van der Waals surface area contributed by atoms with Crippen LogP contribution in [0, 0.1) is 0 Å². The number of aromatic nitrogens is 3. The van der Waals surface area contributed by atoms with E-state index in [4.69, 9.17) is 21.3 Å². The van der Waals surface area contributed by atoms with Gasteiger partial charge in [0.05, 0.1) is 24.3 Å². The highest BCUT2D eigenvalue weighted by atomic mass is 35.5. The Hall–Kier alpha value is -3.18. The number of fused-ring (bicyclic) bond motifs is 1. The van der Waals surface area contributed by atoms with Gasteiger partial charge in [0.15, 0.2) is 0 Å². The molecular formula is C23H21ClN4O. The molecule has 146 valence electrons. The Labute approximate surface area is 175 Å². The SMILES string of the molecule is COc1ccc(CN(CCc2ccccn2)c2cnc3cc(Cl)ccc3n2)cc1. The van der Waals surface area contributed by atoms with Crippen LogP contribution in [0.5, 0.6) is 5.75 Å². The van der Waals surface area contributed by atoms with Crippen molar-refractivity contribution < 1.29 is 4.74 Å². The van der Waals surface area contributed by atoms with Crippen molar-refractivity contribution in [1.29, 1.82) is 0 Å². The molecule has 2 heterocycles. The largest absolute Gasteiger partial charge is 0.497 e. The van der Waals surface area contributed by atoms with Gasteiger partial charge in [-0.15, -0.1) is 0 Å². The fraction of sp³-hybridized carbons (Fsp3) is 0.174. The van der Waals surface area contributed by atoms with Crippen LogP contribution in [0.2, 0.25) is 5.02 Å². The predicted molar refractivity (Wildman–Crippen MR) is 117 cm³/mol. The number of rotatable bonds is 7. The van der Waals surface area contributed by atoms with Crippen molar-refractivity contribution in [3.05, 3.63) is 89.3 Å². The van der Waals surface area contributed by atoms with Crippen molar-refractivity contribution in [2.45, 2.75) is 13.0 Å². The van der Waals surface area contributed by atoms with Gasteiger partial charge in [-0.3, -0.25) is 9.97 Å². The van der Waals surface area contributed by atoms with E-state index >= 15 is 0 Å². The van der Waals surface area contributed by atoms with Crippen molar-refractivity contribution in [3.8, 4) is 5.75 Å². The van der Waals surface area contributed by atoms with Gasteiger partial charge in [-0.2, -0.15) is 0 Å². The Bertz CT molecular complexity index is 1090. The van der Waals surface area contributed by atoms with Gasteiger partial charge in [0.25, 0.3) is 0 Å². The number of benzene rings is 2. The minimum atomic E-state index is 0.657. The Balaban J connectivity index is 1.61. The first-order chi connectivity index (χ1) is 14.2. The summed E-state index contributed by atoms with van der Waals surface area (Å²) in [4.78, 5) is 16.0. The van der Waals surface area contributed by atoms with Crippen LogP contribution in [-0.4, -0.2) is 28.6 Å². The van der Waals surface area contributed by atoms with Crippen molar-refractivity contribution in [2.75, 3.05) is 18.6 Å². The summed E-state index contributed by atoms with van der Waals surface area (Å²) in [6, 6.07) is 19.6. The molecule has 6 heteroatoms. The second-order valence-corrected chi connectivity index (χ2v) is 7.14. The molecule has 0 bridgehead atoms. The highest BCUT2D eigenvalue weighted by Crippen LogP contribution is 2.21. The molecule has 0 unspecified atom stereocenters. The first-order valence-corrected chi connectivity index (χ1v) is 9.79. The quantitative estimate of drug-likeness (QED) is 0.437. The number of pyridine rings is 1. The molecule has 0 aliphatic rings. The van der Waals surface area contributed by atoms with Crippen LogP contribution in [0.15, 0.2) is 73.1 Å². The van der Waals surface area contributed by atoms with Gasteiger partial charge in [0, 0.05) is 36.4 Å². The molecule has 0 saturated heterocycles. The summed E-state index contributed by atoms with van der Waals surface area (Å²) in [5.74, 6) is 1.67. The van der Waals surface area contributed by atoms with Crippen molar-refractivity contribution in [1.82, 2.24) is 15.0 Å². The highest BCUT2D eigenvalue weighted by Gasteiger charge is 2.12. The lowest BCUT2D eigenvalue weighted by Crippen LogP contribution is -2.26. The molecule has 0 aliphatic carbocycles. The summed E-state index contributed by atoms with van der Waals surface area (Å²) in [6.07, 6.45) is 4.45. The second kappa shape index (κ2) is 8.88. The average molecular weight is 405 g/mol. The topological polar surface area (TPSA) is 51.1 Å². The van der Waals surface area contributed by atoms with E-state index in [1.54, 1.807) is 13.3 Å². The van der Waals surface area contributed by atoms with Gasteiger partial charge in [-0.1, -0.05) is 29.8 Å².